The third kappa shape index (κ3) is 1.35. The molecular formula is C11H10BrNO. The fourth-order valence-corrected chi connectivity index (χ4v) is 2.12. The maximum absolute atomic E-state index is 9.11. The summed E-state index contributed by atoms with van der Waals surface area (Å²) in [6.07, 6.45) is 0.779. The number of nitrogens with zero attached hydrogens (tertiary/aromatic N) is 1. The number of rotatable bonds is 2. The average Bonchev–Trinajstić information content (AvgIpc) is 2.94. The third-order valence-corrected chi connectivity index (χ3v) is 3.41. The Kier molecular flexibility index (Phi) is 2.34. The summed E-state index contributed by atoms with van der Waals surface area (Å²) in [5.74, 6) is 0.119. The van der Waals surface area contributed by atoms with Gasteiger partial charge in [-0.15, -0.1) is 0 Å². The van der Waals surface area contributed by atoms with Crippen LogP contribution in [-0.4, -0.2) is 11.7 Å². The number of nitriles is 1. The number of aliphatic hydroxyl groups excluding tert-OH is 1. The zero-order valence-corrected chi connectivity index (χ0v) is 9.16. The van der Waals surface area contributed by atoms with Crippen LogP contribution in [0.25, 0.3) is 0 Å². The smallest absolute Gasteiger partial charge is 0.0877 e. The monoisotopic (exact) mass is 251 g/mol. The van der Waals surface area contributed by atoms with Gasteiger partial charge in [0.05, 0.1) is 11.5 Å². The third-order valence-electron chi connectivity index (χ3n) is 2.88. The van der Waals surface area contributed by atoms with Crippen LogP contribution in [0.5, 0.6) is 0 Å². The van der Waals surface area contributed by atoms with Crippen LogP contribution in [-0.2, 0) is 5.41 Å². The summed E-state index contributed by atoms with van der Waals surface area (Å²) in [7, 11) is 0. The molecule has 14 heavy (non-hydrogen) atoms. The van der Waals surface area contributed by atoms with Crippen LogP contribution >= 0.6 is 15.9 Å². The lowest BCUT2D eigenvalue weighted by Crippen LogP contribution is -2.08. The van der Waals surface area contributed by atoms with E-state index in [9.17, 15) is 0 Å². The van der Waals surface area contributed by atoms with Crippen LogP contribution in [0.1, 0.15) is 12.0 Å². The maximum atomic E-state index is 9.11. The molecule has 2 atom stereocenters. The standard InChI is InChI=1S/C11H10BrNO/c12-10-3-1-8(2-4-10)11(7-13)5-9(11)6-14/h1-4,9,14H,5-6H2/t9-,11-/m1/s1. The molecule has 2 nitrogen and oxygen atoms in total. The molecule has 72 valence electrons. The highest BCUT2D eigenvalue weighted by molar-refractivity contribution is 9.10. The molecule has 1 aromatic carbocycles. The highest BCUT2D eigenvalue weighted by Crippen LogP contribution is 2.53. The Balaban J connectivity index is 2.32. The molecule has 0 amide bonds. The molecule has 1 aliphatic carbocycles. The lowest BCUT2D eigenvalue weighted by atomic mass is 9.95. The number of hydrogen-bond acceptors (Lipinski definition) is 2. The molecule has 1 aromatic rings. The number of hydrogen-bond donors (Lipinski definition) is 1. The summed E-state index contributed by atoms with van der Waals surface area (Å²) in [5.41, 5.74) is 0.595. The second kappa shape index (κ2) is 3.38. The van der Waals surface area contributed by atoms with Crippen LogP contribution in [0.2, 0.25) is 0 Å². The van der Waals surface area contributed by atoms with Crippen molar-refractivity contribution in [3.8, 4) is 6.07 Å². The van der Waals surface area contributed by atoms with Crippen molar-refractivity contribution in [1.29, 1.82) is 5.26 Å². The Morgan fingerprint density at radius 1 is 1.50 bits per heavy atom. The van der Waals surface area contributed by atoms with Crippen LogP contribution in [0.3, 0.4) is 0 Å². The van der Waals surface area contributed by atoms with Gasteiger partial charge in [0.2, 0.25) is 0 Å². The summed E-state index contributed by atoms with van der Waals surface area (Å²) >= 11 is 3.35. The predicted molar refractivity (Wildman–Crippen MR) is 56.6 cm³/mol. The van der Waals surface area contributed by atoms with E-state index in [0.717, 1.165) is 16.5 Å². The van der Waals surface area contributed by atoms with E-state index >= 15 is 0 Å². The molecule has 0 aliphatic heterocycles. The number of benzene rings is 1. The van der Waals surface area contributed by atoms with Gasteiger partial charge in [0.1, 0.15) is 0 Å². The molecule has 3 heteroatoms. The number of aliphatic hydroxyl groups is 1. The minimum Gasteiger partial charge on any atom is -0.396 e. The maximum Gasteiger partial charge on any atom is 0.0877 e. The quantitative estimate of drug-likeness (QED) is 0.877. The molecule has 1 aliphatic rings. The molecule has 0 unspecified atom stereocenters. The van der Waals surface area contributed by atoms with Crippen molar-refractivity contribution in [3.05, 3.63) is 34.3 Å². The lowest BCUT2D eigenvalue weighted by Gasteiger charge is -2.07. The Morgan fingerprint density at radius 3 is 2.57 bits per heavy atom. The van der Waals surface area contributed by atoms with E-state index in [1.807, 2.05) is 24.3 Å². The summed E-state index contributed by atoms with van der Waals surface area (Å²) < 4.78 is 1.01. The molecule has 0 spiro atoms. The van der Waals surface area contributed by atoms with Crippen molar-refractivity contribution in [1.82, 2.24) is 0 Å². The zero-order valence-electron chi connectivity index (χ0n) is 7.57. The normalized spacial score (nSPS) is 29.6. The van der Waals surface area contributed by atoms with E-state index in [4.69, 9.17) is 10.4 Å². The second-order valence-corrected chi connectivity index (χ2v) is 4.59. The van der Waals surface area contributed by atoms with Gasteiger partial charge in [-0.1, -0.05) is 28.1 Å². The fraction of sp³-hybridized carbons (Fsp3) is 0.364. The van der Waals surface area contributed by atoms with Crippen molar-refractivity contribution in [2.45, 2.75) is 11.8 Å². The SMILES string of the molecule is N#C[C@@]1(c2ccc(Br)cc2)C[C@@H]1CO. The molecule has 0 radical (unpaired) electrons. The Hall–Kier alpha value is -0.850. The van der Waals surface area contributed by atoms with Gasteiger partial charge >= 0.3 is 0 Å². The molecule has 0 aromatic heterocycles. The van der Waals surface area contributed by atoms with Gasteiger partial charge in [0.25, 0.3) is 0 Å². The van der Waals surface area contributed by atoms with E-state index in [2.05, 4.69) is 22.0 Å². The molecule has 2 rings (SSSR count). The van der Waals surface area contributed by atoms with E-state index in [1.54, 1.807) is 0 Å². The van der Waals surface area contributed by atoms with Crippen molar-refractivity contribution in [2.75, 3.05) is 6.61 Å². The summed E-state index contributed by atoms with van der Waals surface area (Å²) in [6, 6.07) is 10.1. The second-order valence-electron chi connectivity index (χ2n) is 3.67. The van der Waals surface area contributed by atoms with Crippen LogP contribution in [0.15, 0.2) is 28.7 Å². The average molecular weight is 252 g/mol. The van der Waals surface area contributed by atoms with E-state index in [1.165, 1.54) is 0 Å². The topological polar surface area (TPSA) is 44.0 Å². The van der Waals surface area contributed by atoms with Crippen LogP contribution in [0.4, 0.5) is 0 Å². The first-order valence-corrected chi connectivity index (χ1v) is 5.30. The van der Waals surface area contributed by atoms with Gasteiger partial charge in [0.15, 0.2) is 0 Å². The Labute approximate surface area is 91.3 Å². The van der Waals surface area contributed by atoms with Gasteiger partial charge in [-0.05, 0) is 24.1 Å². The minimum atomic E-state index is -0.421. The highest BCUT2D eigenvalue weighted by atomic mass is 79.9. The van der Waals surface area contributed by atoms with Gasteiger partial charge in [-0.3, -0.25) is 0 Å². The lowest BCUT2D eigenvalue weighted by molar-refractivity contribution is 0.269. The summed E-state index contributed by atoms with van der Waals surface area (Å²) in [4.78, 5) is 0. The first kappa shape index (κ1) is 9.70. The van der Waals surface area contributed by atoms with Crippen molar-refractivity contribution in [3.63, 3.8) is 0 Å². The predicted octanol–water partition coefficient (Wildman–Crippen LogP) is 2.22. The molecule has 1 fully saturated rings. The van der Waals surface area contributed by atoms with Crippen molar-refractivity contribution < 1.29 is 5.11 Å². The Morgan fingerprint density at radius 2 is 2.14 bits per heavy atom. The van der Waals surface area contributed by atoms with Crippen LogP contribution < -0.4 is 0 Å². The molecule has 0 saturated heterocycles. The molecule has 0 bridgehead atoms. The van der Waals surface area contributed by atoms with Gasteiger partial charge in [-0.2, -0.15) is 5.26 Å². The zero-order chi connectivity index (χ0) is 10.2. The molecule has 1 saturated carbocycles. The summed E-state index contributed by atoms with van der Waals surface area (Å²) in [6.45, 7) is 0.101. The fourth-order valence-electron chi connectivity index (χ4n) is 1.85. The van der Waals surface area contributed by atoms with Crippen LogP contribution in [0, 0.1) is 17.2 Å². The summed E-state index contributed by atoms with van der Waals surface area (Å²) in [5, 5.41) is 18.1. The molecule has 1 N–H and O–H groups in total. The molecular weight excluding hydrogens is 242 g/mol. The van der Waals surface area contributed by atoms with Gasteiger partial charge in [0, 0.05) is 17.0 Å². The largest absolute Gasteiger partial charge is 0.396 e. The van der Waals surface area contributed by atoms with E-state index < -0.39 is 5.41 Å². The minimum absolute atomic E-state index is 0.101. The van der Waals surface area contributed by atoms with Gasteiger partial charge in [-0.25, -0.2) is 0 Å². The van der Waals surface area contributed by atoms with Crippen molar-refractivity contribution >= 4 is 15.9 Å². The number of halogens is 1. The Bertz CT molecular complexity index is 381. The van der Waals surface area contributed by atoms with Crippen molar-refractivity contribution in [2.24, 2.45) is 5.92 Å². The van der Waals surface area contributed by atoms with Gasteiger partial charge < -0.3 is 5.11 Å². The van der Waals surface area contributed by atoms with E-state index in [0.29, 0.717) is 0 Å². The molecule has 0 heterocycles. The highest BCUT2D eigenvalue weighted by Gasteiger charge is 2.55. The first-order chi connectivity index (χ1) is 6.73. The first-order valence-electron chi connectivity index (χ1n) is 4.51. The van der Waals surface area contributed by atoms with E-state index in [-0.39, 0.29) is 12.5 Å².